The van der Waals surface area contributed by atoms with Gasteiger partial charge in [-0.15, -0.1) is 11.3 Å². The summed E-state index contributed by atoms with van der Waals surface area (Å²) in [6.07, 6.45) is 0. The lowest BCUT2D eigenvalue weighted by Crippen LogP contribution is -1.94. The Bertz CT molecular complexity index is 558. The van der Waals surface area contributed by atoms with Crippen molar-refractivity contribution in [3.8, 4) is 5.75 Å². The highest BCUT2D eigenvalue weighted by Gasteiger charge is 2.11. The molecule has 0 aliphatic heterocycles. The van der Waals surface area contributed by atoms with Gasteiger partial charge in [-0.2, -0.15) is 0 Å². The summed E-state index contributed by atoms with van der Waals surface area (Å²) in [6.45, 7) is 5.85. The molecule has 0 aliphatic rings. The molecule has 94 valence electrons. The Morgan fingerprint density at radius 2 is 1.94 bits per heavy atom. The molecule has 0 radical (unpaired) electrons. The van der Waals surface area contributed by atoms with Gasteiger partial charge in [0.25, 0.3) is 0 Å². The standard InChI is InChI=1S/C14H15NO2S/c1-9-4-6-12(7-5-9)17-8-13-15-10(2)14(18-13)11(3)16/h4-7H,8H2,1-3H3. The second-order valence-electron chi connectivity index (χ2n) is 4.18. The van der Waals surface area contributed by atoms with Crippen molar-refractivity contribution in [2.45, 2.75) is 27.4 Å². The van der Waals surface area contributed by atoms with Gasteiger partial charge in [0.15, 0.2) is 5.78 Å². The maximum Gasteiger partial charge on any atom is 0.171 e. The summed E-state index contributed by atoms with van der Waals surface area (Å²) in [5.41, 5.74) is 1.99. The number of carbonyl (C=O) groups excluding carboxylic acids is 1. The molecule has 2 rings (SSSR count). The summed E-state index contributed by atoms with van der Waals surface area (Å²) in [5, 5.41) is 0.832. The summed E-state index contributed by atoms with van der Waals surface area (Å²) in [4.78, 5) is 16.4. The van der Waals surface area contributed by atoms with Gasteiger partial charge in [-0.05, 0) is 26.0 Å². The molecule has 0 unspecified atom stereocenters. The molecule has 1 aromatic heterocycles. The third-order valence-corrected chi connectivity index (χ3v) is 3.78. The summed E-state index contributed by atoms with van der Waals surface area (Å²) in [5.74, 6) is 0.879. The Morgan fingerprint density at radius 1 is 1.28 bits per heavy atom. The van der Waals surface area contributed by atoms with Crippen LogP contribution in [-0.2, 0) is 6.61 Å². The first-order valence-corrected chi connectivity index (χ1v) is 6.54. The number of rotatable bonds is 4. The lowest BCUT2D eigenvalue weighted by molar-refractivity contribution is 0.102. The summed E-state index contributed by atoms with van der Waals surface area (Å²) in [7, 11) is 0. The quantitative estimate of drug-likeness (QED) is 0.790. The topological polar surface area (TPSA) is 39.2 Å². The van der Waals surface area contributed by atoms with Crippen LogP contribution in [0.15, 0.2) is 24.3 Å². The molecular formula is C14H15NO2S. The number of aromatic nitrogens is 1. The van der Waals surface area contributed by atoms with Crippen LogP contribution >= 0.6 is 11.3 Å². The van der Waals surface area contributed by atoms with Crippen LogP contribution in [0, 0.1) is 13.8 Å². The van der Waals surface area contributed by atoms with Crippen LogP contribution in [0.4, 0.5) is 0 Å². The molecule has 0 fully saturated rings. The van der Waals surface area contributed by atoms with Gasteiger partial charge in [0.2, 0.25) is 0 Å². The molecular weight excluding hydrogens is 246 g/mol. The maximum absolute atomic E-state index is 11.3. The highest BCUT2D eigenvalue weighted by Crippen LogP contribution is 2.20. The first kappa shape index (κ1) is 12.8. The molecule has 0 bridgehead atoms. The van der Waals surface area contributed by atoms with Crippen molar-refractivity contribution in [2.24, 2.45) is 0 Å². The van der Waals surface area contributed by atoms with Crippen molar-refractivity contribution >= 4 is 17.1 Å². The molecule has 0 atom stereocenters. The second kappa shape index (κ2) is 5.31. The number of thiazole rings is 1. The number of Topliss-reactive ketones (excluding diaryl/α,β-unsaturated/α-hetero) is 1. The molecule has 0 spiro atoms. The minimum atomic E-state index is 0.0617. The molecule has 4 heteroatoms. The van der Waals surface area contributed by atoms with E-state index in [2.05, 4.69) is 4.98 Å². The van der Waals surface area contributed by atoms with E-state index in [9.17, 15) is 4.79 Å². The molecule has 0 aliphatic carbocycles. The molecule has 0 saturated carbocycles. The number of carbonyl (C=O) groups is 1. The van der Waals surface area contributed by atoms with E-state index < -0.39 is 0 Å². The van der Waals surface area contributed by atoms with Crippen LogP contribution in [0.25, 0.3) is 0 Å². The van der Waals surface area contributed by atoms with Gasteiger partial charge >= 0.3 is 0 Å². The predicted octanol–water partition coefficient (Wildman–Crippen LogP) is 3.54. The average molecular weight is 261 g/mol. The number of benzene rings is 1. The van der Waals surface area contributed by atoms with Crippen molar-refractivity contribution in [3.05, 3.63) is 45.4 Å². The first-order chi connectivity index (χ1) is 8.56. The molecule has 0 amide bonds. The van der Waals surface area contributed by atoms with Gasteiger partial charge in [-0.25, -0.2) is 4.98 Å². The lowest BCUT2D eigenvalue weighted by Gasteiger charge is -2.03. The smallest absolute Gasteiger partial charge is 0.171 e. The maximum atomic E-state index is 11.3. The number of nitrogens with zero attached hydrogens (tertiary/aromatic N) is 1. The van der Waals surface area contributed by atoms with Gasteiger partial charge in [0.1, 0.15) is 17.4 Å². The number of ether oxygens (including phenoxy) is 1. The minimum absolute atomic E-state index is 0.0617. The van der Waals surface area contributed by atoms with Gasteiger partial charge in [-0.1, -0.05) is 17.7 Å². The Labute approximate surface area is 110 Å². The third-order valence-electron chi connectivity index (χ3n) is 2.54. The SMILES string of the molecule is CC(=O)c1sc(COc2ccc(C)cc2)nc1C. The Morgan fingerprint density at radius 3 is 2.50 bits per heavy atom. The Balaban J connectivity index is 2.04. The van der Waals surface area contributed by atoms with Crippen LogP contribution < -0.4 is 4.74 Å². The zero-order chi connectivity index (χ0) is 13.1. The molecule has 18 heavy (non-hydrogen) atoms. The summed E-state index contributed by atoms with van der Waals surface area (Å²) in [6, 6.07) is 7.87. The van der Waals surface area contributed by atoms with Crippen molar-refractivity contribution in [1.82, 2.24) is 4.98 Å². The predicted molar refractivity (Wildman–Crippen MR) is 72.4 cm³/mol. The van der Waals surface area contributed by atoms with E-state index in [1.807, 2.05) is 38.1 Å². The van der Waals surface area contributed by atoms with E-state index in [1.165, 1.54) is 16.9 Å². The van der Waals surface area contributed by atoms with Gasteiger partial charge in [-0.3, -0.25) is 4.79 Å². The van der Waals surface area contributed by atoms with Crippen LogP contribution in [0.3, 0.4) is 0 Å². The highest BCUT2D eigenvalue weighted by molar-refractivity contribution is 7.13. The van der Waals surface area contributed by atoms with E-state index >= 15 is 0 Å². The second-order valence-corrected chi connectivity index (χ2v) is 5.26. The van der Waals surface area contributed by atoms with Crippen molar-refractivity contribution in [3.63, 3.8) is 0 Å². The van der Waals surface area contributed by atoms with Gasteiger partial charge in [0, 0.05) is 6.92 Å². The normalized spacial score (nSPS) is 10.4. The molecule has 2 aromatic rings. The average Bonchev–Trinajstić information content (AvgIpc) is 2.70. The molecule has 0 saturated heterocycles. The van der Waals surface area contributed by atoms with Crippen LogP contribution in [-0.4, -0.2) is 10.8 Å². The van der Waals surface area contributed by atoms with Crippen molar-refractivity contribution in [1.29, 1.82) is 0 Å². The fourth-order valence-corrected chi connectivity index (χ4v) is 2.49. The number of hydrogen-bond acceptors (Lipinski definition) is 4. The van der Waals surface area contributed by atoms with E-state index in [-0.39, 0.29) is 5.78 Å². The molecule has 1 heterocycles. The highest BCUT2D eigenvalue weighted by atomic mass is 32.1. The van der Waals surface area contributed by atoms with Gasteiger partial charge < -0.3 is 4.74 Å². The van der Waals surface area contributed by atoms with Crippen LogP contribution in [0.2, 0.25) is 0 Å². The summed E-state index contributed by atoms with van der Waals surface area (Å²) < 4.78 is 5.63. The molecule has 0 N–H and O–H groups in total. The van der Waals surface area contributed by atoms with E-state index in [0.29, 0.717) is 6.61 Å². The monoisotopic (exact) mass is 261 g/mol. The van der Waals surface area contributed by atoms with Crippen molar-refractivity contribution in [2.75, 3.05) is 0 Å². The fraction of sp³-hybridized carbons (Fsp3) is 0.286. The minimum Gasteiger partial charge on any atom is -0.486 e. The van der Waals surface area contributed by atoms with Gasteiger partial charge in [0.05, 0.1) is 10.6 Å². The Hall–Kier alpha value is -1.68. The van der Waals surface area contributed by atoms with Crippen molar-refractivity contribution < 1.29 is 9.53 Å². The van der Waals surface area contributed by atoms with E-state index in [4.69, 9.17) is 4.74 Å². The molecule has 3 nitrogen and oxygen atoms in total. The zero-order valence-corrected chi connectivity index (χ0v) is 11.5. The Kier molecular flexibility index (Phi) is 3.77. The van der Waals surface area contributed by atoms with Crippen LogP contribution in [0.1, 0.15) is 32.9 Å². The molecule has 1 aromatic carbocycles. The van der Waals surface area contributed by atoms with E-state index in [1.54, 1.807) is 6.92 Å². The third kappa shape index (κ3) is 2.96. The zero-order valence-electron chi connectivity index (χ0n) is 10.7. The fourth-order valence-electron chi connectivity index (χ4n) is 1.62. The summed E-state index contributed by atoms with van der Waals surface area (Å²) >= 11 is 1.40. The number of ketones is 1. The first-order valence-electron chi connectivity index (χ1n) is 5.73. The number of hydrogen-bond donors (Lipinski definition) is 0. The van der Waals surface area contributed by atoms with E-state index in [0.717, 1.165) is 21.3 Å². The largest absolute Gasteiger partial charge is 0.486 e. The number of aryl methyl sites for hydroxylation is 2. The lowest BCUT2D eigenvalue weighted by atomic mass is 10.2. The van der Waals surface area contributed by atoms with Crippen LogP contribution in [0.5, 0.6) is 5.75 Å².